The summed E-state index contributed by atoms with van der Waals surface area (Å²) in [5.41, 5.74) is 6.64. The van der Waals surface area contributed by atoms with Gasteiger partial charge < -0.3 is 10.6 Å². The van der Waals surface area contributed by atoms with E-state index in [-0.39, 0.29) is 11.9 Å². The van der Waals surface area contributed by atoms with E-state index in [4.69, 9.17) is 5.73 Å². The molecule has 0 bridgehead atoms. The van der Waals surface area contributed by atoms with Crippen LogP contribution in [0.1, 0.15) is 43.6 Å². The molecule has 0 saturated carbocycles. The molecule has 1 heterocycles. The fourth-order valence-electron chi connectivity index (χ4n) is 1.87. The quantitative estimate of drug-likeness (QED) is 0.852. The first-order chi connectivity index (χ1) is 9.45. The molecule has 0 aliphatic rings. The number of carbonyl (C=O) groups is 1. The number of carbonyl (C=O) groups excluding carboxylic acids is 1. The van der Waals surface area contributed by atoms with Crippen LogP contribution in [0.15, 0.2) is 18.5 Å². The topological polar surface area (TPSA) is 59.2 Å². The van der Waals surface area contributed by atoms with Crippen LogP contribution in [-0.4, -0.2) is 34.9 Å². The molecule has 1 amide bonds. The van der Waals surface area contributed by atoms with E-state index in [1.807, 2.05) is 18.7 Å². The van der Waals surface area contributed by atoms with Crippen molar-refractivity contribution in [3.63, 3.8) is 0 Å². The van der Waals surface area contributed by atoms with E-state index in [0.29, 0.717) is 18.0 Å². The third kappa shape index (κ3) is 4.67. The number of hydrogen-bond acceptors (Lipinski definition) is 3. The Hall–Kier alpha value is -1.86. The van der Waals surface area contributed by atoms with E-state index in [1.54, 1.807) is 18.5 Å². The Morgan fingerprint density at radius 3 is 2.60 bits per heavy atom. The van der Waals surface area contributed by atoms with Crippen molar-refractivity contribution in [2.75, 3.05) is 13.1 Å². The summed E-state index contributed by atoms with van der Waals surface area (Å²) in [5.74, 6) is 6.09. The zero-order valence-electron chi connectivity index (χ0n) is 12.7. The van der Waals surface area contributed by atoms with Crippen molar-refractivity contribution in [3.8, 4) is 11.8 Å². The number of hydrogen-bond donors (Lipinski definition) is 1. The van der Waals surface area contributed by atoms with E-state index >= 15 is 0 Å². The Bertz CT molecular complexity index is 512. The van der Waals surface area contributed by atoms with Gasteiger partial charge in [-0.1, -0.05) is 25.7 Å². The average Bonchev–Trinajstić information content (AvgIpc) is 2.41. The number of pyridine rings is 1. The largest absolute Gasteiger partial charge is 0.336 e. The highest BCUT2D eigenvalue weighted by atomic mass is 16.2. The first-order valence-corrected chi connectivity index (χ1v) is 6.90. The zero-order chi connectivity index (χ0) is 15.1. The maximum Gasteiger partial charge on any atom is 0.255 e. The molecular weight excluding hydrogens is 250 g/mol. The second kappa shape index (κ2) is 7.66. The minimum absolute atomic E-state index is 0.00222. The Morgan fingerprint density at radius 1 is 1.35 bits per heavy atom. The number of rotatable bonds is 4. The second-order valence-electron chi connectivity index (χ2n) is 5.41. The third-order valence-corrected chi connectivity index (χ3v) is 2.77. The number of nitrogens with two attached hydrogens (primary N) is 1. The molecule has 1 aromatic heterocycles. The van der Waals surface area contributed by atoms with Crippen LogP contribution in [0.2, 0.25) is 0 Å². The van der Waals surface area contributed by atoms with Gasteiger partial charge in [0.2, 0.25) is 0 Å². The van der Waals surface area contributed by atoms with Gasteiger partial charge in [-0.25, -0.2) is 0 Å². The molecule has 0 atom stereocenters. The van der Waals surface area contributed by atoms with Crippen molar-refractivity contribution in [2.45, 2.75) is 33.7 Å². The Labute approximate surface area is 121 Å². The molecule has 1 aromatic rings. The third-order valence-electron chi connectivity index (χ3n) is 2.77. The lowest BCUT2D eigenvalue weighted by atomic mass is 10.1. The Kier molecular flexibility index (Phi) is 6.20. The van der Waals surface area contributed by atoms with Crippen LogP contribution in [0.3, 0.4) is 0 Å². The molecule has 1 rings (SSSR count). The smallest absolute Gasteiger partial charge is 0.255 e. The molecule has 2 N–H and O–H groups in total. The Balaban J connectivity index is 2.99. The van der Waals surface area contributed by atoms with Gasteiger partial charge in [0.15, 0.2) is 0 Å². The van der Waals surface area contributed by atoms with Crippen LogP contribution < -0.4 is 5.73 Å². The number of aromatic nitrogens is 1. The van der Waals surface area contributed by atoms with Crippen molar-refractivity contribution >= 4 is 5.91 Å². The summed E-state index contributed by atoms with van der Waals surface area (Å²) in [6.45, 7) is 9.27. The van der Waals surface area contributed by atoms with Crippen molar-refractivity contribution < 1.29 is 4.79 Å². The average molecular weight is 273 g/mol. The molecule has 0 aromatic carbocycles. The Morgan fingerprint density at radius 2 is 2.05 bits per heavy atom. The molecule has 0 aliphatic heterocycles. The van der Waals surface area contributed by atoms with Gasteiger partial charge in [0, 0.05) is 30.5 Å². The summed E-state index contributed by atoms with van der Waals surface area (Å²) < 4.78 is 0. The van der Waals surface area contributed by atoms with Gasteiger partial charge in [-0.05, 0) is 25.8 Å². The van der Waals surface area contributed by atoms with Gasteiger partial charge in [-0.2, -0.15) is 0 Å². The predicted octanol–water partition coefficient (Wildman–Crippen LogP) is 1.90. The number of amides is 1. The molecule has 4 heteroatoms. The molecule has 0 aliphatic carbocycles. The van der Waals surface area contributed by atoms with Gasteiger partial charge >= 0.3 is 0 Å². The van der Waals surface area contributed by atoms with Crippen molar-refractivity contribution in [1.82, 2.24) is 9.88 Å². The second-order valence-corrected chi connectivity index (χ2v) is 5.41. The van der Waals surface area contributed by atoms with Crippen molar-refractivity contribution in [3.05, 3.63) is 29.6 Å². The molecule has 0 saturated heterocycles. The molecule has 0 unspecified atom stereocenters. The standard InChI is InChI=1S/C16H23N3O/c1-12(2)11-19(13(3)4)16(20)15-8-14(6-5-7-17)9-18-10-15/h8-10,12-13H,7,11,17H2,1-4H3. The van der Waals surface area contributed by atoms with Gasteiger partial charge in [0.05, 0.1) is 12.1 Å². The van der Waals surface area contributed by atoms with Crippen molar-refractivity contribution in [1.29, 1.82) is 0 Å². The van der Waals surface area contributed by atoms with E-state index in [0.717, 1.165) is 12.1 Å². The van der Waals surface area contributed by atoms with Gasteiger partial charge in [0.25, 0.3) is 5.91 Å². The lowest BCUT2D eigenvalue weighted by molar-refractivity contribution is 0.0681. The zero-order valence-corrected chi connectivity index (χ0v) is 12.7. The van der Waals surface area contributed by atoms with Crippen LogP contribution in [0, 0.1) is 17.8 Å². The summed E-state index contributed by atoms with van der Waals surface area (Å²) >= 11 is 0. The highest BCUT2D eigenvalue weighted by Gasteiger charge is 2.20. The lowest BCUT2D eigenvalue weighted by Gasteiger charge is -2.28. The van der Waals surface area contributed by atoms with Crippen molar-refractivity contribution in [2.24, 2.45) is 11.7 Å². The fourth-order valence-corrected chi connectivity index (χ4v) is 1.87. The maximum atomic E-state index is 12.6. The van der Waals surface area contributed by atoms with Crippen LogP contribution in [-0.2, 0) is 0 Å². The summed E-state index contributed by atoms with van der Waals surface area (Å²) in [6.07, 6.45) is 3.23. The van der Waals surface area contributed by atoms with Crippen LogP contribution in [0.4, 0.5) is 0 Å². The summed E-state index contributed by atoms with van der Waals surface area (Å²) in [7, 11) is 0. The lowest BCUT2D eigenvalue weighted by Crippen LogP contribution is -2.39. The summed E-state index contributed by atoms with van der Waals surface area (Å²) in [5, 5.41) is 0. The van der Waals surface area contributed by atoms with Crippen LogP contribution in [0.5, 0.6) is 0 Å². The predicted molar refractivity (Wildman–Crippen MR) is 81.2 cm³/mol. The van der Waals surface area contributed by atoms with Gasteiger partial charge in [0.1, 0.15) is 0 Å². The van der Waals surface area contributed by atoms with E-state index < -0.39 is 0 Å². The molecule has 0 fully saturated rings. The van der Waals surface area contributed by atoms with Gasteiger partial charge in [-0.3, -0.25) is 9.78 Å². The van der Waals surface area contributed by atoms with E-state index in [1.165, 1.54) is 0 Å². The highest BCUT2D eigenvalue weighted by Crippen LogP contribution is 2.11. The van der Waals surface area contributed by atoms with Gasteiger partial charge in [-0.15, -0.1) is 0 Å². The number of nitrogens with zero attached hydrogens (tertiary/aromatic N) is 2. The molecular formula is C16H23N3O. The monoisotopic (exact) mass is 273 g/mol. The molecule has 0 radical (unpaired) electrons. The summed E-state index contributed by atoms with van der Waals surface area (Å²) in [4.78, 5) is 18.5. The van der Waals surface area contributed by atoms with Crippen LogP contribution in [0.25, 0.3) is 0 Å². The maximum absolute atomic E-state index is 12.6. The minimum Gasteiger partial charge on any atom is -0.336 e. The van der Waals surface area contributed by atoms with Crippen LogP contribution >= 0.6 is 0 Å². The first-order valence-electron chi connectivity index (χ1n) is 6.90. The first kappa shape index (κ1) is 16.2. The normalized spacial score (nSPS) is 10.3. The summed E-state index contributed by atoms with van der Waals surface area (Å²) in [6, 6.07) is 1.93. The van der Waals surface area contributed by atoms with E-state index in [2.05, 4.69) is 30.7 Å². The highest BCUT2D eigenvalue weighted by molar-refractivity contribution is 5.94. The molecule has 0 spiro atoms. The fraction of sp³-hybridized carbons (Fsp3) is 0.500. The molecule has 4 nitrogen and oxygen atoms in total. The molecule has 20 heavy (non-hydrogen) atoms. The SMILES string of the molecule is CC(C)CN(C(=O)c1cncc(C#CCN)c1)C(C)C. The minimum atomic E-state index is -0.00222. The molecule has 108 valence electrons. The van der Waals surface area contributed by atoms with E-state index in [9.17, 15) is 4.79 Å².